The number of para-hydroxylation sites is 1. The molecule has 0 saturated heterocycles. The van der Waals surface area contributed by atoms with Gasteiger partial charge in [-0.3, -0.25) is 4.79 Å². The van der Waals surface area contributed by atoms with Gasteiger partial charge in [0.2, 0.25) is 0 Å². The molecule has 3 aromatic rings. The van der Waals surface area contributed by atoms with Crippen molar-refractivity contribution in [3.05, 3.63) is 76.0 Å². The highest BCUT2D eigenvalue weighted by Crippen LogP contribution is 2.19. The summed E-state index contributed by atoms with van der Waals surface area (Å²) < 4.78 is 18.4. The number of rotatable bonds is 6. The van der Waals surface area contributed by atoms with Crippen LogP contribution in [-0.4, -0.2) is 10.9 Å². The Morgan fingerprint density at radius 1 is 1.20 bits per heavy atom. The maximum absolute atomic E-state index is 12.9. The Bertz CT molecular complexity index is 862. The number of aryl methyl sites for hydroxylation is 1. The SMILES string of the molecule is CCc1ccccc1NC(=O)c1csc(COc2ccc(F)cc2)n1. The fourth-order valence-corrected chi connectivity index (χ4v) is 2.98. The van der Waals surface area contributed by atoms with Crippen molar-refractivity contribution < 1.29 is 13.9 Å². The van der Waals surface area contributed by atoms with Crippen molar-refractivity contribution in [2.45, 2.75) is 20.0 Å². The van der Waals surface area contributed by atoms with Gasteiger partial charge in [0, 0.05) is 11.1 Å². The van der Waals surface area contributed by atoms with Crippen LogP contribution in [0.25, 0.3) is 0 Å². The van der Waals surface area contributed by atoms with Gasteiger partial charge in [-0.2, -0.15) is 0 Å². The van der Waals surface area contributed by atoms with Crippen LogP contribution in [0.15, 0.2) is 53.9 Å². The molecular formula is C19H17FN2O2S. The Balaban J connectivity index is 1.62. The minimum atomic E-state index is -0.312. The summed E-state index contributed by atoms with van der Waals surface area (Å²) in [5, 5.41) is 5.27. The molecule has 0 spiro atoms. The fraction of sp³-hybridized carbons (Fsp3) is 0.158. The number of aromatic nitrogens is 1. The second-order valence-electron chi connectivity index (χ2n) is 5.33. The molecule has 0 unspecified atom stereocenters. The zero-order valence-electron chi connectivity index (χ0n) is 13.7. The maximum Gasteiger partial charge on any atom is 0.275 e. The largest absolute Gasteiger partial charge is 0.486 e. The topological polar surface area (TPSA) is 51.2 Å². The van der Waals surface area contributed by atoms with E-state index in [2.05, 4.69) is 10.3 Å². The van der Waals surface area contributed by atoms with Crippen molar-refractivity contribution in [2.24, 2.45) is 0 Å². The highest BCUT2D eigenvalue weighted by atomic mass is 32.1. The van der Waals surface area contributed by atoms with E-state index in [0.717, 1.165) is 17.7 Å². The summed E-state index contributed by atoms with van der Waals surface area (Å²) in [6.45, 7) is 2.27. The van der Waals surface area contributed by atoms with Crippen molar-refractivity contribution in [3.8, 4) is 5.75 Å². The lowest BCUT2D eigenvalue weighted by Gasteiger charge is -2.08. The normalized spacial score (nSPS) is 10.5. The summed E-state index contributed by atoms with van der Waals surface area (Å²) in [6.07, 6.45) is 0.838. The summed E-state index contributed by atoms with van der Waals surface area (Å²) in [5.41, 5.74) is 2.23. The summed E-state index contributed by atoms with van der Waals surface area (Å²) in [6, 6.07) is 13.5. The number of nitrogens with zero attached hydrogens (tertiary/aromatic N) is 1. The molecule has 0 atom stereocenters. The standard InChI is InChI=1S/C19H17FN2O2S/c1-2-13-5-3-4-6-16(13)22-19(23)17-12-25-18(21-17)11-24-15-9-7-14(20)8-10-15/h3-10,12H,2,11H2,1H3,(H,22,23). The number of benzene rings is 2. The van der Waals surface area contributed by atoms with Crippen LogP contribution in [0.5, 0.6) is 5.75 Å². The Hall–Kier alpha value is -2.73. The van der Waals surface area contributed by atoms with Gasteiger partial charge in [0.15, 0.2) is 0 Å². The Labute approximate surface area is 149 Å². The molecule has 1 amide bonds. The quantitative estimate of drug-likeness (QED) is 0.698. The van der Waals surface area contributed by atoms with Crippen LogP contribution in [-0.2, 0) is 13.0 Å². The number of nitrogens with one attached hydrogen (secondary N) is 1. The number of hydrogen-bond donors (Lipinski definition) is 1. The average molecular weight is 356 g/mol. The van der Waals surface area contributed by atoms with E-state index >= 15 is 0 Å². The lowest BCUT2D eigenvalue weighted by atomic mass is 10.1. The van der Waals surface area contributed by atoms with Gasteiger partial charge in [-0.05, 0) is 42.3 Å². The molecule has 2 aromatic carbocycles. The molecule has 0 bridgehead atoms. The summed E-state index contributed by atoms with van der Waals surface area (Å²) in [4.78, 5) is 16.7. The molecule has 1 heterocycles. The zero-order chi connectivity index (χ0) is 17.6. The van der Waals surface area contributed by atoms with Crippen LogP contribution >= 0.6 is 11.3 Å². The second-order valence-corrected chi connectivity index (χ2v) is 6.28. The van der Waals surface area contributed by atoms with Crippen LogP contribution in [0, 0.1) is 5.82 Å². The number of carbonyl (C=O) groups is 1. The lowest BCUT2D eigenvalue weighted by molar-refractivity contribution is 0.102. The van der Waals surface area contributed by atoms with Crippen LogP contribution in [0.3, 0.4) is 0 Å². The van der Waals surface area contributed by atoms with Crippen LogP contribution in [0.2, 0.25) is 0 Å². The first-order valence-electron chi connectivity index (χ1n) is 7.87. The van der Waals surface area contributed by atoms with E-state index in [4.69, 9.17) is 4.74 Å². The molecule has 0 radical (unpaired) electrons. The molecule has 0 saturated carbocycles. The van der Waals surface area contributed by atoms with Gasteiger partial charge >= 0.3 is 0 Å². The van der Waals surface area contributed by atoms with E-state index in [1.54, 1.807) is 17.5 Å². The van der Waals surface area contributed by atoms with E-state index in [9.17, 15) is 9.18 Å². The molecule has 3 rings (SSSR count). The van der Waals surface area contributed by atoms with Gasteiger partial charge < -0.3 is 10.1 Å². The average Bonchev–Trinajstić information content (AvgIpc) is 3.11. The fourth-order valence-electron chi connectivity index (χ4n) is 2.29. The molecule has 25 heavy (non-hydrogen) atoms. The van der Waals surface area contributed by atoms with E-state index in [-0.39, 0.29) is 18.3 Å². The molecule has 0 fully saturated rings. The Kier molecular flexibility index (Phi) is 5.40. The van der Waals surface area contributed by atoms with Crippen LogP contribution in [0.4, 0.5) is 10.1 Å². The van der Waals surface area contributed by atoms with Crippen molar-refractivity contribution in [3.63, 3.8) is 0 Å². The van der Waals surface area contributed by atoms with Crippen molar-refractivity contribution in [1.82, 2.24) is 4.98 Å². The van der Waals surface area contributed by atoms with Gasteiger partial charge in [0.05, 0.1) is 0 Å². The molecule has 4 nitrogen and oxygen atoms in total. The molecule has 128 valence electrons. The minimum absolute atomic E-state index is 0.231. The summed E-state index contributed by atoms with van der Waals surface area (Å²) in [5.74, 6) is -0.00225. The predicted octanol–water partition coefficient (Wildman–Crippen LogP) is 4.68. The number of halogens is 1. The Morgan fingerprint density at radius 3 is 2.72 bits per heavy atom. The van der Waals surface area contributed by atoms with E-state index in [1.807, 2.05) is 31.2 Å². The third kappa shape index (κ3) is 4.42. The third-order valence-electron chi connectivity index (χ3n) is 3.61. The van der Waals surface area contributed by atoms with Crippen molar-refractivity contribution in [2.75, 3.05) is 5.32 Å². The smallest absolute Gasteiger partial charge is 0.275 e. The first-order valence-corrected chi connectivity index (χ1v) is 8.75. The van der Waals surface area contributed by atoms with Crippen molar-refractivity contribution in [1.29, 1.82) is 0 Å². The number of amides is 1. The van der Waals surface area contributed by atoms with Crippen LogP contribution < -0.4 is 10.1 Å². The summed E-state index contributed by atoms with van der Waals surface area (Å²) in [7, 11) is 0. The van der Waals surface area contributed by atoms with Gasteiger partial charge in [0.1, 0.15) is 28.9 Å². The zero-order valence-corrected chi connectivity index (χ0v) is 14.5. The van der Waals surface area contributed by atoms with Crippen LogP contribution in [0.1, 0.15) is 28.0 Å². The summed E-state index contributed by atoms with van der Waals surface area (Å²) >= 11 is 1.35. The number of thiazole rings is 1. The van der Waals surface area contributed by atoms with Crippen molar-refractivity contribution >= 4 is 22.9 Å². The maximum atomic E-state index is 12.9. The third-order valence-corrected chi connectivity index (χ3v) is 4.43. The molecule has 6 heteroatoms. The molecule has 0 aliphatic heterocycles. The first-order chi connectivity index (χ1) is 12.2. The first kappa shape index (κ1) is 17.1. The van der Waals surface area contributed by atoms with E-state index in [1.165, 1.54) is 23.5 Å². The Morgan fingerprint density at radius 2 is 1.96 bits per heavy atom. The molecular weight excluding hydrogens is 339 g/mol. The number of hydrogen-bond acceptors (Lipinski definition) is 4. The second kappa shape index (κ2) is 7.90. The predicted molar refractivity (Wildman–Crippen MR) is 96.6 cm³/mol. The van der Waals surface area contributed by atoms with Gasteiger partial charge in [-0.1, -0.05) is 25.1 Å². The highest BCUT2D eigenvalue weighted by molar-refractivity contribution is 7.09. The molecule has 1 aromatic heterocycles. The number of carbonyl (C=O) groups excluding carboxylic acids is 1. The van der Waals surface area contributed by atoms with E-state index in [0.29, 0.717) is 16.5 Å². The monoisotopic (exact) mass is 356 g/mol. The van der Waals surface area contributed by atoms with Gasteiger partial charge in [-0.25, -0.2) is 9.37 Å². The lowest BCUT2D eigenvalue weighted by Crippen LogP contribution is -2.13. The molecule has 0 aliphatic carbocycles. The number of ether oxygens (including phenoxy) is 1. The highest BCUT2D eigenvalue weighted by Gasteiger charge is 2.12. The number of anilines is 1. The molecule has 1 N–H and O–H groups in total. The van der Waals surface area contributed by atoms with E-state index < -0.39 is 0 Å². The minimum Gasteiger partial charge on any atom is -0.486 e. The van der Waals surface area contributed by atoms with Gasteiger partial charge in [-0.15, -0.1) is 11.3 Å². The van der Waals surface area contributed by atoms with Gasteiger partial charge in [0.25, 0.3) is 5.91 Å². The molecule has 0 aliphatic rings.